The van der Waals surface area contributed by atoms with Gasteiger partial charge in [0.15, 0.2) is 0 Å². The molecular formula is C15H24N2O2. The molecule has 4 heteroatoms. The fraction of sp³-hybridized carbons (Fsp3) is 0.533. The summed E-state index contributed by atoms with van der Waals surface area (Å²) < 4.78 is 5.25. The van der Waals surface area contributed by atoms with E-state index < -0.39 is 0 Å². The number of nitrogens with one attached hydrogen (secondary N) is 1. The van der Waals surface area contributed by atoms with Gasteiger partial charge in [0.1, 0.15) is 5.75 Å². The van der Waals surface area contributed by atoms with Gasteiger partial charge in [-0.2, -0.15) is 0 Å². The van der Waals surface area contributed by atoms with E-state index in [1.54, 1.807) is 7.11 Å². The molecule has 0 saturated carbocycles. The maximum absolute atomic E-state index is 12.0. The van der Waals surface area contributed by atoms with Crippen LogP contribution in [-0.2, 0) is 4.79 Å². The van der Waals surface area contributed by atoms with Gasteiger partial charge in [-0.05, 0) is 49.1 Å². The predicted molar refractivity (Wildman–Crippen MR) is 78.6 cm³/mol. The van der Waals surface area contributed by atoms with E-state index in [2.05, 4.69) is 5.32 Å². The third kappa shape index (κ3) is 3.96. The van der Waals surface area contributed by atoms with Crippen molar-refractivity contribution in [2.24, 2.45) is 11.1 Å². The van der Waals surface area contributed by atoms with E-state index in [0.29, 0.717) is 13.0 Å². The molecule has 1 aromatic carbocycles. The summed E-state index contributed by atoms with van der Waals surface area (Å²) in [5, 5.41) is 2.94. The fourth-order valence-corrected chi connectivity index (χ4v) is 1.85. The quantitative estimate of drug-likeness (QED) is 0.859. The topological polar surface area (TPSA) is 64.3 Å². The van der Waals surface area contributed by atoms with Gasteiger partial charge in [0.25, 0.3) is 0 Å². The first kappa shape index (κ1) is 15.5. The van der Waals surface area contributed by atoms with Gasteiger partial charge in [-0.15, -0.1) is 0 Å². The molecule has 0 unspecified atom stereocenters. The second kappa shape index (κ2) is 6.06. The second-order valence-corrected chi connectivity index (χ2v) is 5.66. The van der Waals surface area contributed by atoms with E-state index in [9.17, 15) is 4.79 Å². The third-order valence-electron chi connectivity index (χ3n) is 3.42. The van der Waals surface area contributed by atoms with Crippen LogP contribution in [0.1, 0.15) is 31.4 Å². The number of hydrogen-bond donors (Lipinski definition) is 2. The molecule has 0 heterocycles. The largest absolute Gasteiger partial charge is 0.496 e. The average molecular weight is 264 g/mol. The first-order chi connectivity index (χ1) is 8.80. The van der Waals surface area contributed by atoms with Crippen LogP contribution in [0.4, 0.5) is 5.69 Å². The highest BCUT2D eigenvalue weighted by Crippen LogP contribution is 2.28. The molecule has 0 saturated heterocycles. The Morgan fingerprint density at radius 2 is 1.95 bits per heavy atom. The molecule has 0 fully saturated rings. The Balaban J connectivity index is 2.84. The molecule has 0 aliphatic rings. The Labute approximate surface area is 115 Å². The molecular weight excluding hydrogens is 240 g/mol. The van der Waals surface area contributed by atoms with Gasteiger partial charge in [-0.25, -0.2) is 0 Å². The summed E-state index contributed by atoms with van der Waals surface area (Å²) in [6.07, 6.45) is 0.411. The number of nitrogens with two attached hydrogens (primary N) is 1. The predicted octanol–water partition coefficient (Wildman–Crippen LogP) is 2.63. The van der Waals surface area contributed by atoms with Gasteiger partial charge in [0.2, 0.25) is 5.91 Å². The van der Waals surface area contributed by atoms with E-state index in [0.717, 1.165) is 22.6 Å². The Hall–Kier alpha value is -1.55. The average Bonchev–Trinajstić information content (AvgIpc) is 2.35. The van der Waals surface area contributed by atoms with E-state index in [1.807, 2.05) is 39.8 Å². The summed E-state index contributed by atoms with van der Waals surface area (Å²) in [6, 6.07) is 3.74. The van der Waals surface area contributed by atoms with Crippen LogP contribution >= 0.6 is 0 Å². The van der Waals surface area contributed by atoms with Gasteiger partial charge < -0.3 is 15.8 Å². The lowest BCUT2D eigenvalue weighted by Gasteiger charge is -2.22. The zero-order chi connectivity index (χ0) is 14.6. The minimum absolute atomic E-state index is 0.0110. The van der Waals surface area contributed by atoms with Crippen molar-refractivity contribution in [3.8, 4) is 5.75 Å². The zero-order valence-corrected chi connectivity index (χ0v) is 12.5. The first-order valence-electron chi connectivity index (χ1n) is 6.45. The van der Waals surface area contributed by atoms with Crippen LogP contribution in [0, 0.1) is 19.3 Å². The van der Waals surface area contributed by atoms with Crippen molar-refractivity contribution in [2.75, 3.05) is 19.0 Å². The SMILES string of the molecule is COc1ccc(NC(=O)CC(C)(C)CN)c(C)c1C. The number of ether oxygens (including phenoxy) is 1. The van der Waals surface area contributed by atoms with Gasteiger partial charge >= 0.3 is 0 Å². The molecule has 0 radical (unpaired) electrons. The van der Waals surface area contributed by atoms with E-state index in [-0.39, 0.29) is 11.3 Å². The molecule has 1 aromatic rings. The molecule has 0 aliphatic carbocycles. The minimum Gasteiger partial charge on any atom is -0.496 e. The molecule has 0 spiro atoms. The van der Waals surface area contributed by atoms with Crippen LogP contribution in [0.5, 0.6) is 5.75 Å². The molecule has 1 rings (SSSR count). The second-order valence-electron chi connectivity index (χ2n) is 5.66. The van der Waals surface area contributed by atoms with Crippen molar-refractivity contribution < 1.29 is 9.53 Å². The van der Waals surface area contributed by atoms with Crippen molar-refractivity contribution >= 4 is 11.6 Å². The lowest BCUT2D eigenvalue weighted by Crippen LogP contribution is -2.29. The van der Waals surface area contributed by atoms with Crippen LogP contribution in [0.2, 0.25) is 0 Å². The number of amides is 1. The smallest absolute Gasteiger partial charge is 0.224 e. The fourth-order valence-electron chi connectivity index (χ4n) is 1.85. The minimum atomic E-state index is -0.181. The molecule has 4 nitrogen and oxygen atoms in total. The number of benzene rings is 1. The van der Waals surface area contributed by atoms with E-state index >= 15 is 0 Å². The van der Waals surface area contributed by atoms with Gasteiger partial charge in [-0.3, -0.25) is 4.79 Å². The maximum atomic E-state index is 12.0. The summed E-state index contributed by atoms with van der Waals surface area (Å²) in [6.45, 7) is 8.41. The normalized spacial score (nSPS) is 11.3. The van der Waals surface area contributed by atoms with Crippen LogP contribution in [-0.4, -0.2) is 19.6 Å². The van der Waals surface area contributed by atoms with Crippen LogP contribution in [0.3, 0.4) is 0 Å². The summed E-state index contributed by atoms with van der Waals surface area (Å²) in [4.78, 5) is 12.0. The molecule has 19 heavy (non-hydrogen) atoms. The number of hydrogen-bond acceptors (Lipinski definition) is 3. The molecule has 0 atom stereocenters. The van der Waals surface area contributed by atoms with Gasteiger partial charge in [-0.1, -0.05) is 13.8 Å². The molecule has 106 valence electrons. The van der Waals surface area contributed by atoms with Crippen molar-refractivity contribution in [1.29, 1.82) is 0 Å². The van der Waals surface area contributed by atoms with Gasteiger partial charge in [0, 0.05) is 12.1 Å². The summed E-state index contributed by atoms with van der Waals surface area (Å²) >= 11 is 0. The number of methoxy groups -OCH3 is 1. The summed E-state index contributed by atoms with van der Waals surface area (Å²) in [5.74, 6) is 0.820. The van der Waals surface area contributed by atoms with E-state index in [1.165, 1.54) is 0 Å². The van der Waals surface area contributed by atoms with Crippen LogP contribution in [0.15, 0.2) is 12.1 Å². The highest BCUT2D eigenvalue weighted by atomic mass is 16.5. The number of carbonyl (C=O) groups excluding carboxylic acids is 1. The van der Waals surface area contributed by atoms with Gasteiger partial charge in [0.05, 0.1) is 7.11 Å². The lowest BCUT2D eigenvalue weighted by molar-refractivity contribution is -0.117. The maximum Gasteiger partial charge on any atom is 0.224 e. The molecule has 0 bridgehead atoms. The van der Waals surface area contributed by atoms with E-state index in [4.69, 9.17) is 10.5 Å². The highest BCUT2D eigenvalue weighted by molar-refractivity contribution is 5.92. The van der Waals surface area contributed by atoms with Crippen molar-refractivity contribution in [2.45, 2.75) is 34.1 Å². The van der Waals surface area contributed by atoms with Crippen LogP contribution < -0.4 is 15.8 Å². The Morgan fingerprint density at radius 1 is 1.32 bits per heavy atom. The third-order valence-corrected chi connectivity index (χ3v) is 3.42. The van der Waals surface area contributed by atoms with Crippen molar-refractivity contribution in [3.05, 3.63) is 23.3 Å². The molecule has 1 amide bonds. The zero-order valence-electron chi connectivity index (χ0n) is 12.5. The monoisotopic (exact) mass is 264 g/mol. The van der Waals surface area contributed by atoms with Crippen LogP contribution in [0.25, 0.3) is 0 Å². The Kier molecular flexibility index (Phi) is 4.95. The molecule has 0 aromatic heterocycles. The highest BCUT2D eigenvalue weighted by Gasteiger charge is 2.20. The lowest BCUT2D eigenvalue weighted by atomic mass is 9.89. The van der Waals surface area contributed by atoms with Crippen molar-refractivity contribution in [3.63, 3.8) is 0 Å². The molecule has 0 aliphatic heterocycles. The Bertz CT molecular complexity index is 467. The number of rotatable bonds is 5. The number of anilines is 1. The van der Waals surface area contributed by atoms with Crippen molar-refractivity contribution in [1.82, 2.24) is 0 Å². The molecule has 3 N–H and O–H groups in total. The Morgan fingerprint density at radius 3 is 2.47 bits per heavy atom. The number of carbonyl (C=O) groups is 1. The summed E-state index contributed by atoms with van der Waals surface area (Å²) in [7, 11) is 1.64. The standard InChI is InChI=1S/C15H24N2O2/c1-10-11(2)13(19-5)7-6-12(10)17-14(18)8-15(3,4)9-16/h6-7H,8-9,16H2,1-5H3,(H,17,18). The first-order valence-corrected chi connectivity index (χ1v) is 6.45. The summed E-state index contributed by atoms with van der Waals surface area (Å²) in [5.41, 5.74) is 8.36.